The Morgan fingerprint density at radius 1 is 1.03 bits per heavy atom. The van der Waals surface area contributed by atoms with Gasteiger partial charge in [0, 0.05) is 48.4 Å². The molecule has 1 fully saturated rings. The van der Waals surface area contributed by atoms with Crippen molar-refractivity contribution in [2.45, 2.75) is 26.7 Å². The van der Waals surface area contributed by atoms with Crippen molar-refractivity contribution in [1.82, 2.24) is 15.0 Å². The van der Waals surface area contributed by atoms with Crippen molar-refractivity contribution >= 4 is 23.1 Å². The molecule has 0 unspecified atom stereocenters. The Kier molecular flexibility index (Phi) is 6.02. The summed E-state index contributed by atoms with van der Waals surface area (Å²) in [6.45, 7) is 5.64. The van der Waals surface area contributed by atoms with E-state index in [1.54, 1.807) is 19.2 Å². The molecule has 0 radical (unpaired) electrons. The fourth-order valence-corrected chi connectivity index (χ4v) is 3.72. The summed E-state index contributed by atoms with van der Waals surface area (Å²) >= 11 is 0. The van der Waals surface area contributed by atoms with Crippen molar-refractivity contribution in [3.8, 4) is 0 Å². The number of carbonyl (C=O) groups is 1. The quantitative estimate of drug-likeness (QED) is 0.656. The van der Waals surface area contributed by atoms with Crippen molar-refractivity contribution in [1.29, 1.82) is 0 Å². The summed E-state index contributed by atoms with van der Waals surface area (Å²) in [4.78, 5) is 27.5. The lowest BCUT2D eigenvalue weighted by Gasteiger charge is -2.17. The number of rotatable bonds is 5. The van der Waals surface area contributed by atoms with E-state index < -0.39 is 11.7 Å². The summed E-state index contributed by atoms with van der Waals surface area (Å²) in [5.41, 5.74) is 3.37. The fraction of sp³-hybridized carbons (Fsp3) is 0.250. The number of pyridine rings is 3. The third-order valence-electron chi connectivity index (χ3n) is 5.49. The normalized spacial score (nSPS) is 14.0. The molecule has 1 saturated heterocycles. The van der Waals surface area contributed by atoms with E-state index in [-0.39, 0.29) is 11.1 Å². The van der Waals surface area contributed by atoms with Crippen LogP contribution in [0.3, 0.4) is 0 Å². The maximum absolute atomic E-state index is 13.7. The first-order chi connectivity index (χ1) is 15.1. The van der Waals surface area contributed by atoms with Crippen LogP contribution in [0, 0.1) is 12.7 Å². The van der Waals surface area contributed by atoms with Crippen molar-refractivity contribution < 1.29 is 9.18 Å². The second kappa shape index (κ2) is 9.04. The zero-order valence-corrected chi connectivity index (χ0v) is 17.6. The van der Waals surface area contributed by atoms with E-state index in [1.807, 2.05) is 25.3 Å². The molecule has 7 heteroatoms. The Hall–Kier alpha value is -3.61. The number of nitrogens with one attached hydrogen (secondary N) is 1. The predicted octanol–water partition coefficient (Wildman–Crippen LogP) is 4.62. The smallest absolute Gasteiger partial charge is 0.258 e. The van der Waals surface area contributed by atoms with Crippen LogP contribution in [0.15, 0.2) is 55.1 Å². The highest BCUT2D eigenvalue weighted by Crippen LogP contribution is 2.25. The van der Waals surface area contributed by atoms with Gasteiger partial charge in [-0.15, -0.1) is 0 Å². The minimum Gasteiger partial charge on any atom is -0.357 e. The van der Waals surface area contributed by atoms with Gasteiger partial charge in [-0.05, 0) is 56.5 Å². The minimum absolute atomic E-state index is 0.184. The van der Waals surface area contributed by atoms with E-state index in [0.717, 1.165) is 41.8 Å². The van der Waals surface area contributed by atoms with Crippen LogP contribution in [0.2, 0.25) is 0 Å². The molecule has 0 bridgehead atoms. The molecule has 1 aliphatic heterocycles. The number of hydrogen-bond acceptors (Lipinski definition) is 5. The second-order valence-corrected chi connectivity index (χ2v) is 7.48. The molecule has 0 aliphatic carbocycles. The topological polar surface area (TPSA) is 71.0 Å². The Morgan fingerprint density at radius 3 is 2.35 bits per heavy atom. The van der Waals surface area contributed by atoms with Crippen molar-refractivity contribution in [3.63, 3.8) is 0 Å². The predicted molar refractivity (Wildman–Crippen MR) is 120 cm³/mol. The number of aromatic nitrogens is 3. The van der Waals surface area contributed by atoms with E-state index in [1.165, 1.54) is 19.0 Å². The zero-order valence-electron chi connectivity index (χ0n) is 17.6. The maximum Gasteiger partial charge on any atom is 0.258 e. The van der Waals surface area contributed by atoms with Crippen LogP contribution < -0.4 is 10.2 Å². The lowest BCUT2D eigenvalue weighted by atomic mass is 10.0. The van der Waals surface area contributed by atoms with Gasteiger partial charge in [0.2, 0.25) is 0 Å². The van der Waals surface area contributed by atoms with Crippen LogP contribution in [-0.2, 0) is 0 Å². The molecule has 6 nitrogen and oxygen atoms in total. The standard InChI is InChI=1S/C24H24FN5O/c1-3-19(18-7-9-23(28-13-18)30-10-4-5-11-30)17-6-8-22(27-12-17)29-24(31)20-14-26-15-21(25)16(20)2/h3,6-9,12-15H,4-5,10-11H2,1-2H3,(H,27,29,31)/b19-3-. The first kappa shape index (κ1) is 20.7. The van der Waals surface area contributed by atoms with E-state index >= 15 is 0 Å². The average molecular weight is 417 g/mol. The van der Waals surface area contributed by atoms with E-state index in [4.69, 9.17) is 0 Å². The zero-order chi connectivity index (χ0) is 21.8. The Balaban J connectivity index is 1.48. The van der Waals surface area contributed by atoms with Gasteiger partial charge in [-0.1, -0.05) is 6.08 Å². The Labute approximate surface area is 180 Å². The maximum atomic E-state index is 13.7. The Bertz CT molecular complexity index is 1100. The van der Waals surface area contributed by atoms with Crippen LogP contribution in [0.5, 0.6) is 0 Å². The van der Waals surface area contributed by atoms with Gasteiger partial charge >= 0.3 is 0 Å². The summed E-state index contributed by atoms with van der Waals surface area (Å²) < 4.78 is 13.7. The molecule has 158 valence electrons. The van der Waals surface area contributed by atoms with Gasteiger partial charge < -0.3 is 10.2 Å². The van der Waals surface area contributed by atoms with Crippen molar-refractivity contribution in [3.05, 3.63) is 83.2 Å². The van der Waals surface area contributed by atoms with E-state index in [0.29, 0.717) is 5.82 Å². The van der Waals surface area contributed by atoms with E-state index in [2.05, 4.69) is 37.3 Å². The number of allylic oxidation sites excluding steroid dienone is 1. The first-order valence-corrected chi connectivity index (χ1v) is 10.3. The second-order valence-electron chi connectivity index (χ2n) is 7.48. The molecule has 4 rings (SSSR count). The van der Waals surface area contributed by atoms with Gasteiger partial charge in [0.25, 0.3) is 5.91 Å². The van der Waals surface area contributed by atoms with Crippen LogP contribution >= 0.6 is 0 Å². The van der Waals surface area contributed by atoms with Crippen LogP contribution in [0.25, 0.3) is 5.57 Å². The lowest BCUT2D eigenvalue weighted by Crippen LogP contribution is -2.18. The van der Waals surface area contributed by atoms with Gasteiger partial charge in [-0.25, -0.2) is 14.4 Å². The molecule has 0 atom stereocenters. The number of nitrogens with zero attached hydrogens (tertiary/aromatic N) is 4. The summed E-state index contributed by atoms with van der Waals surface area (Å²) in [6.07, 6.45) is 10.5. The average Bonchev–Trinajstić information content (AvgIpc) is 3.33. The first-order valence-electron chi connectivity index (χ1n) is 10.3. The molecule has 31 heavy (non-hydrogen) atoms. The van der Waals surface area contributed by atoms with Crippen LogP contribution in [0.4, 0.5) is 16.0 Å². The molecule has 4 heterocycles. The number of hydrogen-bond donors (Lipinski definition) is 1. The highest BCUT2D eigenvalue weighted by atomic mass is 19.1. The van der Waals surface area contributed by atoms with E-state index in [9.17, 15) is 9.18 Å². The fourth-order valence-electron chi connectivity index (χ4n) is 3.72. The summed E-state index contributed by atoms with van der Waals surface area (Å²) in [5.74, 6) is 0.432. The summed E-state index contributed by atoms with van der Waals surface area (Å²) in [6, 6.07) is 7.75. The molecular formula is C24H24FN5O. The molecule has 0 spiro atoms. The molecule has 1 N–H and O–H groups in total. The highest BCUT2D eigenvalue weighted by Gasteiger charge is 2.15. The summed E-state index contributed by atoms with van der Waals surface area (Å²) in [7, 11) is 0. The number of anilines is 2. The summed E-state index contributed by atoms with van der Waals surface area (Å²) in [5, 5.41) is 2.69. The van der Waals surface area contributed by atoms with Crippen LogP contribution in [-0.4, -0.2) is 33.9 Å². The van der Waals surface area contributed by atoms with Gasteiger partial charge in [0.15, 0.2) is 0 Å². The number of carbonyl (C=O) groups excluding carboxylic acids is 1. The number of halogens is 1. The number of amides is 1. The molecular weight excluding hydrogens is 393 g/mol. The SMILES string of the molecule is C/C=C(/c1ccc(NC(=O)c2cncc(F)c2C)nc1)c1ccc(N2CCCC2)nc1. The monoisotopic (exact) mass is 417 g/mol. The highest BCUT2D eigenvalue weighted by molar-refractivity contribution is 6.04. The van der Waals surface area contributed by atoms with Gasteiger partial charge in [-0.3, -0.25) is 9.78 Å². The largest absolute Gasteiger partial charge is 0.357 e. The van der Waals surface area contributed by atoms with Gasteiger partial charge in [0.1, 0.15) is 17.5 Å². The van der Waals surface area contributed by atoms with Crippen LogP contribution in [0.1, 0.15) is 46.8 Å². The third kappa shape index (κ3) is 4.45. The lowest BCUT2D eigenvalue weighted by molar-refractivity contribution is 0.102. The molecule has 3 aromatic rings. The molecule has 1 amide bonds. The van der Waals surface area contributed by atoms with Crippen molar-refractivity contribution in [2.24, 2.45) is 0 Å². The Morgan fingerprint density at radius 2 is 1.74 bits per heavy atom. The molecule has 3 aromatic heterocycles. The third-order valence-corrected chi connectivity index (χ3v) is 5.49. The molecule has 0 saturated carbocycles. The minimum atomic E-state index is -0.516. The molecule has 0 aromatic carbocycles. The van der Waals surface area contributed by atoms with Gasteiger partial charge in [-0.2, -0.15) is 0 Å². The van der Waals surface area contributed by atoms with Gasteiger partial charge in [0.05, 0.1) is 11.8 Å². The molecule has 1 aliphatic rings. The van der Waals surface area contributed by atoms with Crippen molar-refractivity contribution in [2.75, 3.05) is 23.3 Å².